The first-order valence-electron chi connectivity index (χ1n) is 5.03. The highest BCUT2D eigenvalue weighted by atomic mass is 35.5. The van der Waals surface area contributed by atoms with Gasteiger partial charge >= 0.3 is 0 Å². The molecule has 0 bridgehead atoms. The molecule has 0 aliphatic heterocycles. The molecule has 84 valence electrons. The van der Waals surface area contributed by atoms with Gasteiger partial charge in [-0.3, -0.25) is 4.48 Å². The van der Waals surface area contributed by atoms with E-state index in [1.54, 1.807) is 0 Å². The van der Waals surface area contributed by atoms with Gasteiger partial charge in [-0.15, -0.1) is 0 Å². The average Bonchev–Trinajstić information content (AvgIpc) is 1.82. The van der Waals surface area contributed by atoms with Crippen LogP contribution in [0.5, 0.6) is 0 Å². The Bertz CT molecular complexity index is 205. The minimum atomic E-state index is 0. The maximum Gasteiger partial charge on any atom is 0.138 e. The fraction of sp³-hybridized carbons (Fsp3) is 0.750. The van der Waals surface area contributed by atoms with Crippen molar-refractivity contribution in [2.45, 2.75) is 27.7 Å². The summed E-state index contributed by atoms with van der Waals surface area (Å²) in [5, 5.41) is 0. The zero-order valence-electron chi connectivity index (χ0n) is 10.6. The Kier molecular flexibility index (Phi) is 7.28. The zero-order chi connectivity index (χ0) is 10.6. The zero-order valence-corrected chi connectivity index (χ0v) is 11.3. The van der Waals surface area contributed by atoms with Gasteiger partial charge in [0, 0.05) is 0 Å². The quantitative estimate of drug-likeness (QED) is 0.463. The van der Waals surface area contributed by atoms with Crippen LogP contribution in [-0.4, -0.2) is 25.6 Å². The van der Waals surface area contributed by atoms with E-state index in [2.05, 4.69) is 60.8 Å². The first kappa shape index (κ1) is 16.2. The first-order chi connectivity index (χ1) is 5.74. The van der Waals surface area contributed by atoms with E-state index in [1.165, 1.54) is 5.57 Å². The third kappa shape index (κ3) is 7.20. The molecule has 0 aromatic carbocycles. The summed E-state index contributed by atoms with van der Waals surface area (Å²) in [4.78, 5) is 0. The molecule has 0 spiro atoms. The molecule has 0 aromatic heterocycles. The fourth-order valence-electron chi connectivity index (χ4n) is 1.27. The molecule has 0 fully saturated rings. The van der Waals surface area contributed by atoms with Gasteiger partial charge in [-0.1, -0.05) is 33.4 Å². The molecule has 0 saturated carbocycles. The lowest BCUT2D eigenvalue weighted by Gasteiger charge is -2.17. The SMILES string of the molecule is CC(C)C(=C=C[N+](C)(C)C)C(C)C.[Cl-]. The van der Waals surface area contributed by atoms with Gasteiger partial charge in [0.2, 0.25) is 0 Å². The van der Waals surface area contributed by atoms with Crippen molar-refractivity contribution in [3.05, 3.63) is 17.5 Å². The molecule has 0 rings (SSSR count). The van der Waals surface area contributed by atoms with Crippen molar-refractivity contribution in [2.24, 2.45) is 11.8 Å². The lowest BCUT2D eigenvalue weighted by atomic mass is 9.94. The predicted molar refractivity (Wildman–Crippen MR) is 59.3 cm³/mol. The number of halogens is 1. The minimum Gasteiger partial charge on any atom is -1.00 e. The van der Waals surface area contributed by atoms with Crippen LogP contribution in [0.25, 0.3) is 0 Å². The van der Waals surface area contributed by atoms with Crippen LogP contribution in [0.4, 0.5) is 0 Å². The molecule has 1 nitrogen and oxygen atoms in total. The number of hydrogen-bond donors (Lipinski definition) is 0. The van der Waals surface area contributed by atoms with E-state index >= 15 is 0 Å². The van der Waals surface area contributed by atoms with E-state index in [4.69, 9.17) is 0 Å². The molecule has 0 N–H and O–H groups in total. The smallest absolute Gasteiger partial charge is 0.138 e. The summed E-state index contributed by atoms with van der Waals surface area (Å²) in [5.41, 5.74) is 4.83. The van der Waals surface area contributed by atoms with E-state index in [-0.39, 0.29) is 12.4 Å². The molecule has 14 heavy (non-hydrogen) atoms. The molecular formula is C12H24ClN. The average molecular weight is 218 g/mol. The second-order valence-electron chi connectivity index (χ2n) is 5.15. The van der Waals surface area contributed by atoms with Gasteiger partial charge in [-0.2, -0.15) is 0 Å². The van der Waals surface area contributed by atoms with Crippen LogP contribution in [0.1, 0.15) is 27.7 Å². The van der Waals surface area contributed by atoms with Crippen molar-refractivity contribution in [1.82, 2.24) is 0 Å². The molecule has 2 heteroatoms. The number of allylic oxidation sites excluding steroid dienone is 1. The third-order valence-corrected chi connectivity index (χ3v) is 1.86. The largest absolute Gasteiger partial charge is 1.00 e. The Morgan fingerprint density at radius 2 is 1.36 bits per heavy atom. The summed E-state index contributed by atoms with van der Waals surface area (Å²) in [7, 11) is 6.43. The van der Waals surface area contributed by atoms with E-state index in [0.717, 1.165) is 4.48 Å². The van der Waals surface area contributed by atoms with E-state index in [9.17, 15) is 0 Å². The molecule has 0 unspecified atom stereocenters. The van der Waals surface area contributed by atoms with Crippen molar-refractivity contribution in [3.8, 4) is 0 Å². The number of hydrogen-bond acceptors (Lipinski definition) is 0. The van der Waals surface area contributed by atoms with Crippen LogP contribution in [0, 0.1) is 11.8 Å². The summed E-state index contributed by atoms with van der Waals surface area (Å²) >= 11 is 0. The Morgan fingerprint density at radius 3 is 1.57 bits per heavy atom. The number of rotatable bonds is 3. The van der Waals surface area contributed by atoms with Crippen LogP contribution in [0.3, 0.4) is 0 Å². The molecule has 0 radical (unpaired) electrons. The fourth-order valence-corrected chi connectivity index (χ4v) is 1.27. The summed E-state index contributed by atoms with van der Waals surface area (Å²) in [6.07, 6.45) is 2.12. The molecule has 0 aromatic rings. The Balaban J connectivity index is 0. The Morgan fingerprint density at radius 1 is 1.00 bits per heavy atom. The molecule has 0 amide bonds. The highest BCUT2D eigenvalue weighted by Gasteiger charge is 2.07. The van der Waals surface area contributed by atoms with Crippen LogP contribution in [0.15, 0.2) is 17.5 Å². The summed E-state index contributed by atoms with van der Waals surface area (Å²) in [6, 6.07) is 0. The van der Waals surface area contributed by atoms with Crippen molar-refractivity contribution < 1.29 is 16.9 Å². The maximum absolute atomic E-state index is 3.42. The van der Waals surface area contributed by atoms with Gasteiger partial charge in [0.25, 0.3) is 0 Å². The highest BCUT2D eigenvalue weighted by Crippen LogP contribution is 2.17. The van der Waals surface area contributed by atoms with Gasteiger partial charge in [0.1, 0.15) is 6.20 Å². The topological polar surface area (TPSA) is 0 Å². The third-order valence-electron chi connectivity index (χ3n) is 1.86. The summed E-state index contributed by atoms with van der Waals surface area (Å²) in [5.74, 6) is 1.20. The van der Waals surface area contributed by atoms with Crippen molar-refractivity contribution in [3.63, 3.8) is 0 Å². The van der Waals surface area contributed by atoms with Gasteiger partial charge in [0.05, 0.1) is 21.1 Å². The van der Waals surface area contributed by atoms with Crippen LogP contribution >= 0.6 is 0 Å². The molecule has 0 aliphatic rings. The Hall–Kier alpha value is -0.230. The molecule has 0 heterocycles. The second-order valence-corrected chi connectivity index (χ2v) is 5.15. The number of nitrogens with zero attached hydrogens (tertiary/aromatic N) is 1. The van der Waals surface area contributed by atoms with Gasteiger partial charge in [-0.05, 0) is 17.4 Å². The molecule has 0 aliphatic carbocycles. The van der Waals surface area contributed by atoms with Gasteiger partial charge < -0.3 is 12.4 Å². The van der Waals surface area contributed by atoms with E-state index in [1.807, 2.05) is 0 Å². The van der Waals surface area contributed by atoms with E-state index < -0.39 is 0 Å². The van der Waals surface area contributed by atoms with Crippen LogP contribution < -0.4 is 12.4 Å². The summed E-state index contributed by atoms with van der Waals surface area (Å²) < 4.78 is 0.836. The van der Waals surface area contributed by atoms with Crippen LogP contribution in [0.2, 0.25) is 0 Å². The normalized spacial score (nSPS) is 10.9. The van der Waals surface area contributed by atoms with Crippen molar-refractivity contribution in [1.29, 1.82) is 0 Å². The maximum atomic E-state index is 3.42. The lowest BCUT2D eigenvalue weighted by molar-refractivity contribution is -0.817. The predicted octanol–water partition coefficient (Wildman–Crippen LogP) is 0.0476. The van der Waals surface area contributed by atoms with Gasteiger partial charge in [0.15, 0.2) is 0 Å². The molecule has 0 atom stereocenters. The van der Waals surface area contributed by atoms with Gasteiger partial charge in [-0.25, -0.2) is 0 Å². The number of quaternary nitrogens is 1. The molecule has 0 saturated heterocycles. The lowest BCUT2D eigenvalue weighted by Crippen LogP contribution is -3.00. The van der Waals surface area contributed by atoms with Crippen molar-refractivity contribution >= 4 is 0 Å². The Labute approximate surface area is 95.5 Å². The minimum absolute atomic E-state index is 0. The standard InChI is InChI=1S/C12H24N.ClH/c1-10(2)12(11(3)4)8-9-13(5,6)7;/h9-11H,1-7H3;1H/q+1;/p-1. The molecular weight excluding hydrogens is 194 g/mol. The van der Waals surface area contributed by atoms with Crippen LogP contribution in [-0.2, 0) is 0 Å². The first-order valence-corrected chi connectivity index (χ1v) is 5.03. The second kappa shape index (κ2) is 6.29. The van der Waals surface area contributed by atoms with E-state index in [0.29, 0.717) is 11.8 Å². The highest BCUT2D eigenvalue weighted by molar-refractivity contribution is 5.05. The van der Waals surface area contributed by atoms with Crippen molar-refractivity contribution in [2.75, 3.05) is 21.1 Å². The monoisotopic (exact) mass is 217 g/mol. The summed E-state index contributed by atoms with van der Waals surface area (Å²) in [6.45, 7) is 8.91.